The second kappa shape index (κ2) is 5.41. The molecule has 1 aromatic carbocycles. The Morgan fingerprint density at radius 1 is 1.26 bits per heavy atom. The summed E-state index contributed by atoms with van der Waals surface area (Å²) in [5.41, 5.74) is 1.11. The Hall–Kier alpha value is -1.86. The molecule has 0 aliphatic heterocycles. The number of aliphatic carboxylic acids is 1. The number of anilines is 1. The van der Waals surface area contributed by atoms with Crippen LogP contribution in [0.25, 0.3) is 6.08 Å². The summed E-state index contributed by atoms with van der Waals surface area (Å²) in [6.45, 7) is 0. The average Bonchev–Trinajstić information content (AvgIpc) is 3.10. The highest BCUT2D eigenvalue weighted by molar-refractivity contribution is 7.90. The second-order valence-electron chi connectivity index (χ2n) is 4.29. The maximum Gasteiger partial charge on any atom is 0.328 e. The summed E-state index contributed by atoms with van der Waals surface area (Å²) in [7, 11) is -3.52. The van der Waals surface area contributed by atoms with E-state index in [-0.39, 0.29) is 6.04 Å². The molecule has 19 heavy (non-hydrogen) atoms. The number of hydrogen-bond acceptors (Lipinski definition) is 3. The SMILES string of the molecule is O=C(O)/C=C/c1ccc(NS(=O)(=O)NC2CC2)cc1. The molecular formula is C12H14N2O4S. The molecule has 1 aliphatic rings. The van der Waals surface area contributed by atoms with Crippen molar-refractivity contribution in [1.29, 1.82) is 0 Å². The van der Waals surface area contributed by atoms with Gasteiger partial charge >= 0.3 is 5.97 Å². The molecule has 2 rings (SSSR count). The molecule has 0 aromatic heterocycles. The molecule has 0 amide bonds. The van der Waals surface area contributed by atoms with E-state index in [0.717, 1.165) is 18.9 Å². The lowest BCUT2D eigenvalue weighted by Gasteiger charge is -2.08. The van der Waals surface area contributed by atoms with Crippen LogP contribution < -0.4 is 9.44 Å². The number of carbonyl (C=O) groups is 1. The third-order valence-electron chi connectivity index (χ3n) is 2.48. The van der Waals surface area contributed by atoms with Gasteiger partial charge in [-0.1, -0.05) is 12.1 Å². The number of benzene rings is 1. The summed E-state index contributed by atoms with van der Waals surface area (Å²) in [6, 6.07) is 6.47. The van der Waals surface area contributed by atoms with Crippen molar-refractivity contribution in [2.24, 2.45) is 0 Å². The molecule has 0 heterocycles. The molecule has 0 unspecified atom stereocenters. The van der Waals surface area contributed by atoms with E-state index in [1.165, 1.54) is 6.08 Å². The Balaban J connectivity index is 1.99. The van der Waals surface area contributed by atoms with Gasteiger partial charge in [-0.25, -0.2) is 4.79 Å². The molecule has 3 N–H and O–H groups in total. The van der Waals surface area contributed by atoms with Gasteiger partial charge in [0.15, 0.2) is 0 Å². The summed E-state index contributed by atoms with van der Waals surface area (Å²) >= 11 is 0. The van der Waals surface area contributed by atoms with Crippen molar-refractivity contribution in [3.63, 3.8) is 0 Å². The Kier molecular flexibility index (Phi) is 3.87. The van der Waals surface area contributed by atoms with Gasteiger partial charge < -0.3 is 5.11 Å². The smallest absolute Gasteiger partial charge is 0.328 e. The monoisotopic (exact) mass is 282 g/mol. The van der Waals surface area contributed by atoms with Crippen molar-refractivity contribution in [2.75, 3.05) is 4.72 Å². The van der Waals surface area contributed by atoms with Gasteiger partial charge in [0.2, 0.25) is 0 Å². The molecule has 7 heteroatoms. The lowest BCUT2D eigenvalue weighted by Crippen LogP contribution is -2.31. The van der Waals surface area contributed by atoms with Crippen molar-refractivity contribution < 1.29 is 18.3 Å². The topological polar surface area (TPSA) is 95.5 Å². The van der Waals surface area contributed by atoms with Crippen molar-refractivity contribution in [3.8, 4) is 0 Å². The summed E-state index contributed by atoms with van der Waals surface area (Å²) < 4.78 is 28.2. The van der Waals surface area contributed by atoms with Crippen molar-refractivity contribution in [3.05, 3.63) is 35.9 Å². The van der Waals surface area contributed by atoms with Crippen LogP contribution in [0, 0.1) is 0 Å². The third kappa shape index (κ3) is 4.72. The Bertz CT molecular complexity index is 589. The molecule has 1 aliphatic carbocycles. The van der Waals surface area contributed by atoms with E-state index in [1.807, 2.05) is 0 Å². The third-order valence-corrected chi connectivity index (χ3v) is 3.63. The van der Waals surface area contributed by atoms with Gasteiger partial charge in [0.25, 0.3) is 10.2 Å². The van der Waals surface area contributed by atoms with Gasteiger partial charge in [0.05, 0.1) is 0 Å². The molecule has 102 valence electrons. The van der Waals surface area contributed by atoms with Crippen LogP contribution in [0.4, 0.5) is 5.69 Å². The zero-order valence-corrected chi connectivity index (χ0v) is 10.9. The fourth-order valence-corrected chi connectivity index (χ4v) is 2.61. The summed E-state index contributed by atoms with van der Waals surface area (Å²) in [5, 5.41) is 8.49. The van der Waals surface area contributed by atoms with E-state index in [9.17, 15) is 13.2 Å². The normalized spacial score (nSPS) is 15.6. The maximum atomic E-state index is 11.6. The fraction of sp³-hybridized carbons (Fsp3) is 0.250. The minimum absolute atomic E-state index is 0.0512. The van der Waals surface area contributed by atoms with Gasteiger partial charge in [-0.05, 0) is 36.6 Å². The summed E-state index contributed by atoms with van der Waals surface area (Å²) in [5.74, 6) is -1.03. The van der Waals surface area contributed by atoms with Gasteiger partial charge in [-0.2, -0.15) is 13.1 Å². The van der Waals surface area contributed by atoms with Gasteiger partial charge in [0.1, 0.15) is 0 Å². The zero-order chi connectivity index (χ0) is 13.9. The summed E-state index contributed by atoms with van der Waals surface area (Å²) in [6.07, 6.45) is 4.20. The van der Waals surface area contributed by atoms with E-state index in [1.54, 1.807) is 24.3 Å². The highest BCUT2D eigenvalue weighted by atomic mass is 32.2. The van der Waals surface area contributed by atoms with E-state index >= 15 is 0 Å². The summed E-state index contributed by atoms with van der Waals surface area (Å²) in [4.78, 5) is 10.3. The van der Waals surface area contributed by atoms with Crippen LogP contribution in [-0.4, -0.2) is 25.5 Å². The van der Waals surface area contributed by atoms with Gasteiger partial charge in [-0.15, -0.1) is 0 Å². The van der Waals surface area contributed by atoms with Crippen LogP contribution in [0.3, 0.4) is 0 Å². The first-order chi connectivity index (χ1) is 8.94. The molecule has 1 saturated carbocycles. The van der Waals surface area contributed by atoms with Gasteiger partial charge in [-0.3, -0.25) is 4.72 Å². The Labute approximate surface area is 111 Å². The molecule has 1 aromatic rings. The van der Waals surface area contributed by atoms with Crippen molar-refractivity contribution in [1.82, 2.24) is 4.72 Å². The van der Waals surface area contributed by atoms with Crippen LogP contribution in [0.2, 0.25) is 0 Å². The molecule has 0 radical (unpaired) electrons. The van der Waals surface area contributed by atoms with Crippen LogP contribution in [0.5, 0.6) is 0 Å². The first-order valence-corrected chi connectivity index (χ1v) is 7.24. The van der Waals surface area contributed by atoms with Gasteiger partial charge in [0, 0.05) is 17.8 Å². The minimum Gasteiger partial charge on any atom is -0.478 e. The fourth-order valence-electron chi connectivity index (χ4n) is 1.43. The molecule has 0 bridgehead atoms. The molecule has 0 spiro atoms. The van der Waals surface area contributed by atoms with E-state index in [2.05, 4.69) is 9.44 Å². The highest BCUT2D eigenvalue weighted by Crippen LogP contribution is 2.20. The minimum atomic E-state index is -3.52. The first-order valence-electron chi connectivity index (χ1n) is 5.76. The van der Waals surface area contributed by atoms with Crippen molar-refractivity contribution >= 4 is 27.9 Å². The van der Waals surface area contributed by atoms with E-state index in [4.69, 9.17) is 5.11 Å². The predicted molar refractivity (Wildman–Crippen MR) is 71.8 cm³/mol. The first kappa shape index (κ1) is 13.6. The zero-order valence-electron chi connectivity index (χ0n) is 10.0. The second-order valence-corrected chi connectivity index (χ2v) is 5.74. The van der Waals surface area contributed by atoms with E-state index in [0.29, 0.717) is 11.3 Å². The van der Waals surface area contributed by atoms with Crippen LogP contribution in [-0.2, 0) is 15.0 Å². The number of carboxylic acid groups (broad SMARTS) is 1. The molecular weight excluding hydrogens is 268 g/mol. The Morgan fingerprint density at radius 2 is 1.89 bits per heavy atom. The van der Waals surface area contributed by atoms with Crippen LogP contribution in [0.15, 0.2) is 30.3 Å². The molecule has 6 nitrogen and oxygen atoms in total. The van der Waals surface area contributed by atoms with Crippen LogP contribution >= 0.6 is 0 Å². The Morgan fingerprint density at radius 3 is 2.42 bits per heavy atom. The quantitative estimate of drug-likeness (QED) is 0.683. The number of rotatable bonds is 6. The number of hydrogen-bond donors (Lipinski definition) is 3. The highest BCUT2D eigenvalue weighted by Gasteiger charge is 2.26. The predicted octanol–water partition coefficient (Wildman–Crippen LogP) is 1.19. The number of carboxylic acids is 1. The van der Waals surface area contributed by atoms with Crippen LogP contribution in [0.1, 0.15) is 18.4 Å². The standard InChI is InChI=1S/C12H14N2O4S/c15-12(16)8-3-9-1-4-10(5-2-9)13-19(17,18)14-11-6-7-11/h1-5,8,11,13-14H,6-7H2,(H,15,16)/b8-3+. The molecule has 0 atom stereocenters. The maximum absolute atomic E-state index is 11.6. The number of nitrogens with one attached hydrogen (secondary N) is 2. The molecule has 1 fully saturated rings. The average molecular weight is 282 g/mol. The largest absolute Gasteiger partial charge is 0.478 e. The molecule has 0 saturated heterocycles. The van der Waals surface area contributed by atoms with E-state index < -0.39 is 16.2 Å². The van der Waals surface area contributed by atoms with Crippen molar-refractivity contribution in [2.45, 2.75) is 18.9 Å². The lowest BCUT2D eigenvalue weighted by molar-refractivity contribution is -0.131. The lowest BCUT2D eigenvalue weighted by atomic mass is 10.2.